The number of piperidine rings is 1. The van der Waals surface area contributed by atoms with Crippen molar-refractivity contribution in [1.82, 2.24) is 9.88 Å². The number of amides is 1. The van der Waals surface area contributed by atoms with Crippen LogP contribution >= 0.6 is 0 Å². The van der Waals surface area contributed by atoms with E-state index >= 15 is 0 Å². The van der Waals surface area contributed by atoms with E-state index in [1.807, 2.05) is 30.3 Å². The predicted molar refractivity (Wildman–Crippen MR) is 76.1 cm³/mol. The molecule has 0 spiro atoms. The zero-order valence-corrected chi connectivity index (χ0v) is 11.0. The lowest BCUT2D eigenvalue weighted by molar-refractivity contribution is 0.0748. The Bertz CT molecular complexity index is 672. The number of hydrogen-bond acceptors (Lipinski definition) is 4. The molecule has 1 aromatic heterocycles. The minimum absolute atomic E-state index is 0.0623. The summed E-state index contributed by atoms with van der Waals surface area (Å²) in [7, 11) is 0. The molecule has 0 radical (unpaired) electrons. The molecule has 1 N–H and O–H groups in total. The second-order valence-electron chi connectivity index (χ2n) is 4.85. The fraction of sp³-hybridized carbons (Fsp3) is 0.267. The molecule has 2 aromatic rings. The van der Waals surface area contributed by atoms with Crippen molar-refractivity contribution < 1.29 is 10.0 Å². The van der Waals surface area contributed by atoms with Gasteiger partial charge in [-0.05, 0) is 12.1 Å². The molecule has 1 amide bonds. The van der Waals surface area contributed by atoms with E-state index in [0.717, 1.165) is 16.6 Å². The summed E-state index contributed by atoms with van der Waals surface area (Å²) in [6.07, 6.45) is 1.24. The summed E-state index contributed by atoms with van der Waals surface area (Å²) in [5.74, 6) is -0.0623. The minimum Gasteiger partial charge on any atom is -0.411 e. The highest BCUT2D eigenvalue weighted by Crippen LogP contribution is 2.15. The van der Waals surface area contributed by atoms with Crippen molar-refractivity contribution in [2.24, 2.45) is 5.16 Å². The SMILES string of the molecule is O=C(c1ccc2ccccc2n1)N1CCC(=NO)CC1. The van der Waals surface area contributed by atoms with Crippen LogP contribution in [0.15, 0.2) is 41.6 Å². The second-order valence-corrected chi connectivity index (χ2v) is 4.85. The zero-order valence-electron chi connectivity index (χ0n) is 11.0. The third kappa shape index (κ3) is 2.34. The van der Waals surface area contributed by atoms with Gasteiger partial charge in [0.2, 0.25) is 0 Å². The zero-order chi connectivity index (χ0) is 13.9. The fourth-order valence-corrected chi connectivity index (χ4v) is 2.42. The van der Waals surface area contributed by atoms with Crippen LogP contribution in [0.2, 0.25) is 0 Å². The monoisotopic (exact) mass is 269 g/mol. The van der Waals surface area contributed by atoms with Crippen molar-refractivity contribution in [3.8, 4) is 0 Å². The molecule has 1 saturated heterocycles. The van der Waals surface area contributed by atoms with Crippen LogP contribution in [0.3, 0.4) is 0 Å². The van der Waals surface area contributed by atoms with E-state index in [4.69, 9.17) is 5.21 Å². The smallest absolute Gasteiger partial charge is 0.272 e. The van der Waals surface area contributed by atoms with Gasteiger partial charge in [0.15, 0.2) is 0 Å². The van der Waals surface area contributed by atoms with Crippen molar-refractivity contribution in [1.29, 1.82) is 0 Å². The van der Waals surface area contributed by atoms with Gasteiger partial charge in [0, 0.05) is 31.3 Å². The molecule has 0 saturated carbocycles. The molecular weight excluding hydrogens is 254 g/mol. The predicted octanol–water partition coefficient (Wildman–Crippen LogP) is 2.30. The van der Waals surface area contributed by atoms with E-state index in [1.54, 1.807) is 11.0 Å². The van der Waals surface area contributed by atoms with Crippen LogP contribution < -0.4 is 0 Å². The van der Waals surface area contributed by atoms with E-state index in [9.17, 15) is 4.79 Å². The third-order valence-corrected chi connectivity index (χ3v) is 3.59. The van der Waals surface area contributed by atoms with Crippen molar-refractivity contribution >= 4 is 22.5 Å². The number of para-hydroxylation sites is 1. The highest BCUT2D eigenvalue weighted by atomic mass is 16.4. The Morgan fingerprint density at radius 3 is 2.65 bits per heavy atom. The molecule has 1 fully saturated rings. The summed E-state index contributed by atoms with van der Waals surface area (Å²) in [6.45, 7) is 1.15. The molecule has 0 bridgehead atoms. The van der Waals surface area contributed by atoms with Gasteiger partial charge in [0.25, 0.3) is 5.91 Å². The first kappa shape index (κ1) is 12.6. The van der Waals surface area contributed by atoms with Crippen LogP contribution in [0, 0.1) is 0 Å². The number of likely N-dealkylation sites (tertiary alicyclic amines) is 1. The van der Waals surface area contributed by atoms with Gasteiger partial charge in [0.05, 0.1) is 11.2 Å². The molecule has 2 heterocycles. The fourth-order valence-electron chi connectivity index (χ4n) is 2.42. The molecular formula is C15H15N3O2. The second kappa shape index (κ2) is 5.28. The van der Waals surface area contributed by atoms with Crippen LogP contribution in [0.5, 0.6) is 0 Å². The van der Waals surface area contributed by atoms with Gasteiger partial charge < -0.3 is 10.1 Å². The summed E-state index contributed by atoms with van der Waals surface area (Å²) < 4.78 is 0. The molecule has 3 rings (SSSR count). The van der Waals surface area contributed by atoms with Gasteiger partial charge in [0.1, 0.15) is 5.69 Å². The number of pyridine rings is 1. The van der Waals surface area contributed by atoms with E-state index in [-0.39, 0.29) is 5.91 Å². The summed E-state index contributed by atoms with van der Waals surface area (Å²) >= 11 is 0. The van der Waals surface area contributed by atoms with Crippen LogP contribution in [-0.2, 0) is 0 Å². The number of aromatic nitrogens is 1. The molecule has 5 heteroatoms. The molecule has 5 nitrogen and oxygen atoms in total. The first-order chi connectivity index (χ1) is 9.78. The van der Waals surface area contributed by atoms with Gasteiger partial charge in [-0.3, -0.25) is 4.79 Å². The first-order valence-electron chi connectivity index (χ1n) is 6.63. The van der Waals surface area contributed by atoms with Crippen molar-refractivity contribution in [3.05, 3.63) is 42.1 Å². The Hall–Kier alpha value is -2.43. The highest BCUT2D eigenvalue weighted by molar-refractivity contribution is 5.96. The normalized spacial score (nSPS) is 15.4. The topological polar surface area (TPSA) is 65.8 Å². The summed E-state index contributed by atoms with van der Waals surface area (Å²) in [5, 5.41) is 13.0. The lowest BCUT2D eigenvalue weighted by Gasteiger charge is -2.26. The number of benzene rings is 1. The molecule has 102 valence electrons. The molecule has 0 aliphatic carbocycles. The number of fused-ring (bicyclic) bond motifs is 1. The number of hydrogen-bond donors (Lipinski definition) is 1. The average Bonchev–Trinajstić information content (AvgIpc) is 2.54. The van der Waals surface area contributed by atoms with E-state index in [0.29, 0.717) is 31.6 Å². The molecule has 0 unspecified atom stereocenters. The van der Waals surface area contributed by atoms with Gasteiger partial charge in [-0.1, -0.05) is 29.4 Å². The highest BCUT2D eigenvalue weighted by Gasteiger charge is 2.22. The largest absolute Gasteiger partial charge is 0.411 e. The quantitative estimate of drug-likeness (QED) is 0.638. The van der Waals surface area contributed by atoms with Gasteiger partial charge in [-0.25, -0.2) is 4.98 Å². The number of carbonyl (C=O) groups is 1. The Kier molecular flexibility index (Phi) is 3.33. The summed E-state index contributed by atoms with van der Waals surface area (Å²) in [6, 6.07) is 11.4. The average molecular weight is 269 g/mol. The Balaban J connectivity index is 1.82. The van der Waals surface area contributed by atoms with Crippen LogP contribution in [-0.4, -0.2) is 39.8 Å². The lowest BCUT2D eigenvalue weighted by atomic mass is 10.1. The Morgan fingerprint density at radius 1 is 1.15 bits per heavy atom. The number of carbonyl (C=O) groups excluding carboxylic acids is 1. The van der Waals surface area contributed by atoms with Crippen LogP contribution in [0.1, 0.15) is 23.3 Å². The maximum Gasteiger partial charge on any atom is 0.272 e. The van der Waals surface area contributed by atoms with Gasteiger partial charge in [-0.15, -0.1) is 0 Å². The number of nitrogens with zero attached hydrogens (tertiary/aromatic N) is 3. The van der Waals surface area contributed by atoms with E-state index < -0.39 is 0 Å². The minimum atomic E-state index is -0.0623. The Labute approximate surface area is 116 Å². The molecule has 1 aromatic carbocycles. The van der Waals surface area contributed by atoms with Crippen molar-refractivity contribution in [2.75, 3.05) is 13.1 Å². The molecule has 20 heavy (non-hydrogen) atoms. The third-order valence-electron chi connectivity index (χ3n) is 3.59. The van der Waals surface area contributed by atoms with E-state index in [1.165, 1.54) is 0 Å². The Morgan fingerprint density at radius 2 is 1.90 bits per heavy atom. The van der Waals surface area contributed by atoms with Crippen molar-refractivity contribution in [3.63, 3.8) is 0 Å². The summed E-state index contributed by atoms with van der Waals surface area (Å²) in [5.41, 5.74) is 2.04. The first-order valence-corrected chi connectivity index (χ1v) is 6.63. The lowest BCUT2D eigenvalue weighted by Crippen LogP contribution is -2.39. The van der Waals surface area contributed by atoms with Crippen molar-refractivity contribution in [2.45, 2.75) is 12.8 Å². The van der Waals surface area contributed by atoms with Gasteiger partial charge in [-0.2, -0.15) is 0 Å². The number of rotatable bonds is 1. The van der Waals surface area contributed by atoms with E-state index in [2.05, 4.69) is 10.1 Å². The van der Waals surface area contributed by atoms with Crippen LogP contribution in [0.25, 0.3) is 10.9 Å². The molecule has 1 aliphatic heterocycles. The maximum atomic E-state index is 12.4. The summed E-state index contributed by atoms with van der Waals surface area (Å²) in [4.78, 5) is 18.6. The molecule has 1 aliphatic rings. The molecule has 0 atom stereocenters. The number of oxime groups is 1. The maximum absolute atomic E-state index is 12.4. The van der Waals surface area contributed by atoms with Gasteiger partial charge >= 0.3 is 0 Å². The standard InChI is InChI=1S/C15H15N3O2/c19-15(18-9-7-12(17-20)8-10-18)14-6-5-11-3-1-2-4-13(11)16-14/h1-6,20H,7-10H2. The van der Waals surface area contributed by atoms with Crippen LogP contribution in [0.4, 0.5) is 0 Å².